The summed E-state index contributed by atoms with van der Waals surface area (Å²) in [6.07, 6.45) is 16.0. The van der Waals surface area contributed by atoms with Crippen LogP contribution in [0.4, 0.5) is 0 Å². The topological polar surface area (TPSA) is 39.4 Å². The molecule has 0 atom stereocenters. The summed E-state index contributed by atoms with van der Waals surface area (Å²) < 4.78 is 10.7. The maximum absolute atomic E-state index is 12.1. The highest BCUT2D eigenvalue weighted by atomic mass is 28.3. The quantitative estimate of drug-likeness (QED) is 0.175. The first-order chi connectivity index (χ1) is 12.4. The van der Waals surface area contributed by atoms with E-state index in [1.54, 1.807) is 6.26 Å². The van der Waals surface area contributed by atoms with Gasteiger partial charge in [0, 0.05) is 11.1 Å². The van der Waals surface area contributed by atoms with Gasteiger partial charge in [-0.1, -0.05) is 77.9 Å². The second-order valence-corrected chi connectivity index (χ2v) is 13.2. The van der Waals surface area contributed by atoms with Crippen molar-refractivity contribution in [3.63, 3.8) is 0 Å². The van der Waals surface area contributed by atoms with Crippen molar-refractivity contribution in [2.75, 3.05) is 7.11 Å². The van der Waals surface area contributed by atoms with Crippen molar-refractivity contribution in [1.82, 2.24) is 0 Å². The molecule has 0 unspecified atom stereocenters. The standard InChI is InChI=1S/C22H38O3Si/c1-6-7-8-9-10-11-12-13-14-15-20(22(23)24-2)16-19-17-21(25-18-19)26(3,4)5/h16-18H,6-15H2,1-5H3/b20-16-. The molecule has 0 fully saturated rings. The molecule has 1 rings (SSSR count). The number of carbonyl (C=O) groups is 1. The molecule has 0 aliphatic rings. The minimum Gasteiger partial charge on any atom is -0.474 e. The van der Waals surface area contributed by atoms with Gasteiger partial charge in [0.15, 0.2) is 0 Å². The van der Waals surface area contributed by atoms with Crippen molar-refractivity contribution in [1.29, 1.82) is 0 Å². The van der Waals surface area contributed by atoms with Gasteiger partial charge in [0.1, 0.15) is 8.07 Å². The molecule has 0 spiro atoms. The zero-order chi connectivity index (χ0) is 19.4. The number of hydrogen-bond donors (Lipinski definition) is 0. The Bertz CT molecular complexity index is 552. The molecule has 1 aromatic rings. The molecule has 0 bridgehead atoms. The van der Waals surface area contributed by atoms with Crippen LogP contribution in [0.2, 0.25) is 19.6 Å². The molecule has 1 aromatic heterocycles. The molecule has 26 heavy (non-hydrogen) atoms. The van der Waals surface area contributed by atoms with E-state index in [9.17, 15) is 4.79 Å². The van der Waals surface area contributed by atoms with Gasteiger partial charge < -0.3 is 9.15 Å². The summed E-state index contributed by atoms with van der Waals surface area (Å²) >= 11 is 0. The highest BCUT2D eigenvalue weighted by Crippen LogP contribution is 2.18. The monoisotopic (exact) mass is 378 g/mol. The Hall–Kier alpha value is -1.29. The highest BCUT2D eigenvalue weighted by Gasteiger charge is 2.21. The number of hydrogen-bond acceptors (Lipinski definition) is 3. The Morgan fingerprint density at radius 1 is 1.04 bits per heavy atom. The summed E-state index contributed by atoms with van der Waals surface area (Å²) in [5, 5.41) is 1.07. The molecular weight excluding hydrogens is 340 g/mol. The fourth-order valence-electron chi connectivity index (χ4n) is 3.01. The summed E-state index contributed by atoms with van der Waals surface area (Å²) in [7, 11) is -0.0102. The Morgan fingerprint density at radius 3 is 2.12 bits per heavy atom. The van der Waals surface area contributed by atoms with E-state index in [1.807, 2.05) is 6.08 Å². The lowest BCUT2D eigenvalue weighted by Gasteiger charge is -2.10. The predicted molar refractivity (Wildman–Crippen MR) is 114 cm³/mol. The van der Waals surface area contributed by atoms with Crippen molar-refractivity contribution >= 4 is 25.5 Å². The fraction of sp³-hybridized carbons (Fsp3) is 0.682. The third kappa shape index (κ3) is 8.88. The minimum atomic E-state index is -1.46. The number of ether oxygens (including phenoxy) is 1. The average molecular weight is 379 g/mol. The Balaban J connectivity index is 2.45. The van der Waals surface area contributed by atoms with E-state index in [4.69, 9.17) is 9.15 Å². The van der Waals surface area contributed by atoms with Crippen LogP contribution in [0, 0.1) is 0 Å². The number of carbonyl (C=O) groups excluding carboxylic acids is 1. The van der Waals surface area contributed by atoms with Crippen molar-refractivity contribution in [3.8, 4) is 0 Å². The predicted octanol–water partition coefficient (Wildman–Crippen LogP) is 6.30. The van der Waals surface area contributed by atoms with Gasteiger partial charge in [-0.2, -0.15) is 0 Å². The van der Waals surface area contributed by atoms with E-state index in [0.29, 0.717) is 0 Å². The molecule has 0 amide bonds. The van der Waals surface area contributed by atoms with Crippen LogP contribution in [0.1, 0.15) is 76.7 Å². The summed E-state index contributed by atoms with van der Waals surface area (Å²) in [6, 6.07) is 2.07. The maximum Gasteiger partial charge on any atom is 0.333 e. The Kier molecular flexibility index (Phi) is 10.6. The van der Waals surface area contributed by atoms with Crippen molar-refractivity contribution < 1.29 is 13.9 Å². The molecule has 0 N–H and O–H groups in total. The summed E-state index contributed by atoms with van der Waals surface area (Å²) in [5.74, 6) is -0.222. The minimum absolute atomic E-state index is 0.222. The van der Waals surface area contributed by atoms with Crippen molar-refractivity contribution in [2.45, 2.75) is 90.8 Å². The van der Waals surface area contributed by atoms with Gasteiger partial charge in [-0.15, -0.1) is 0 Å². The van der Waals surface area contributed by atoms with E-state index in [2.05, 4.69) is 32.6 Å². The maximum atomic E-state index is 12.1. The normalized spacial score (nSPS) is 12.4. The molecular formula is C22H38O3Si. The third-order valence-electron chi connectivity index (χ3n) is 4.70. The van der Waals surface area contributed by atoms with E-state index < -0.39 is 8.07 Å². The smallest absolute Gasteiger partial charge is 0.333 e. The summed E-state index contributed by atoms with van der Waals surface area (Å²) in [5.41, 5.74) is 1.72. The second kappa shape index (κ2) is 12.2. The molecule has 3 nitrogen and oxygen atoms in total. The lowest BCUT2D eigenvalue weighted by molar-refractivity contribution is -0.136. The van der Waals surface area contributed by atoms with E-state index in [1.165, 1.54) is 58.5 Å². The number of esters is 1. The number of unbranched alkanes of at least 4 members (excludes halogenated alkanes) is 8. The zero-order valence-electron chi connectivity index (χ0n) is 17.5. The molecule has 4 heteroatoms. The van der Waals surface area contributed by atoms with E-state index >= 15 is 0 Å². The number of methoxy groups -OCH3 is 1. The lowest BCUT2D eigenvalue weighted by Crippen LogP contribution is -2.36. The van der Waals surface area contributed by atoms with E-state index in [0.717, 1.165) is 29.4 Å². The first kappa shape index (κ1) is 22.7. The molecule has 0 aliphatic heterocycles. The first-order valence-corrected chi connectivity index (χ1v) is 13.8. The lowest BCUT2D eigenvalue weighted by atomic mass is 10.0. The average Bonchev–Trinajstić information content (AvgIpc) is 3.07. The molecule has 0 aromatic carbocycles. The Labute approximate surface area is 161 Å². The molecule has 0 saturated carbocycles. The summed E-state index contributed by atoms with van der Waals surface area (Å²) in [6.45, 7) is 9.01. The van der Waals surface area contributed by atoms with Crippen LogP contribution < -0.4 is 5.38 Å². The molecule has 0 saturated heterocycles. The van der Waals surface area contributed by atoms with Crippen LogP contribution in [0.25, 0.3) is 6.08 Å². The van der Waals surface area contributed by atoms with Crippen LogP contribution in [0.3, 0.4) is 0 Å². The van der Waals surface area contributed by atoms with Gasteiger partial charge >= 0.3 is 5.97 Å². The zero-order valence-corrected chi connectivity index (χ0v) is 18.5. The Morgan fingerprint density at radius 2 is 1.62 bits per heavy atom. The molecule has 1 heterocycles. The third-order valence-corrected chi connectivity index (χ3v) is 6.44. The van der Waals surface area contributed by atoms with Crippen LogP contribution in [0.15, 0.2) is 22.3 Å². The van der Waals surface area contributed by atoms with E-state index in [-0.39, 0.29) is 5.97 Å². The summed E-state index contributed by atoms with van der Waals surface area (Å²) in [4.78, 5) is 12.1. The van der Waals surface area contributed by atoms with Crippen molar-refractivity contribution in [3.05, 3.63) is 23.5 Å². The van der Waals surface area contributed by atoms with Gasteiger partial charge in [-0.25, -0.2) is 4.79 Å². The van der Waals surface area contributed by atoms with Gasteiger partial charge in [0.05, 0.1) is 18.8 Å². The molecule has 148 valence electrons. The van der Waals surface area contributed by atoms with Crippen LogP contribution >= 0.6 is 0 Å². The van der Waals surface area contributed by atoms with Gasteiger partial charge in [-0.05, 0) is 25.0 Å². The van der Waals surface area contributed by atoms with Crippen LogP contribution in [-0.2, 0) is 9.53 Å². The fourth-order valence-corrected chi connectivity index (χ4v) is 4.02. The second-order valence-electron chi connectivity index (χ2n) is 8.23. The highest BCUT2D eigenvalue weighted by molar-refractivity contribution is 6.87. The van der Waals surface area contributed by atoms with Gasteiger partial charge in [0.25, 0.3) is 0 Å². The largest absolute Gasteiger partial charge is 0.474 e. The molecule has 0 radical (unpaired) electrons. The molecule has 0 aliphatic carbocycles. The van der Waals surface area contributed by atoms with Crippen LogP contribution in [-0.4, -0.2) is 21.2 Å². The first-order valence-electron chi connectivity index (χ1n) is 10.3. The number of furan rings is 1. The number of rotatable bonds is 13. The van der Waals surface area contributed by atoms with Gasteiger partial charge in [0.2, 0.25) is 0 Å². The van der Waals surface area contributed by atoms with Crippen molar-refractivity contribution in [2.24, 2.45) is 0 Å². The SMILES string of the molecule is CCCCCCCCCCC/C(=C/c1coc([Si](C)(C)C)c1)C(=O)OC. The van der Waals surface area contributed by atoms with Gasteiger partial charge in [-0.3, -0.25) is 0 Å². The van der Waals surface area contributed by atoms with Crippen LogP contribution in [0.5, 0.6) is 0 Å².